The van der Waals surface area contributed by atoms with E-state index >= 15 is 0 Å². The zero-order valence-corrected chi connectivity index (χ0v) is 26.9. The smallest absolute Gasteiger partial charge is 0.149 e. The van der Waals surface area contributed by atoms with Crippen LogP contribution in [0.1, 0.15) is 65.6 Å². The first-order valence-electron chi connectivity index (χ1n) is 12.6. The van der Waals surface area contributed by atoms with Crippen molar-refractivity contribution in [2.75, 3.05) is 0 Å². The van der Waals surface area contributed by atoms with Crippen LogP contribution in [0.3, 0.4) is 0 Å². The zero-order valence-electron chi connectivity index (χ0n) is 23.8. The van der Waals surface area contributed by atoms with E-state index in [-0.39, 0.29) is 32.1 Å². The number of hydrogen-bond acceptors (Lipinski definition) is 4. The maximum absolute atomic E-state index is 13.7. The largest absolute Gasteiger partial charge is 0.242 e. The van der Waals surface area contributed by atoms with Gasteiger partial charge in [0.2, 0.25) is 0 Å². The Balaban J connectivity index is 0.000000226. The van der Waals surface area contributed by atoms with Crippen molar-refractivity contribution in [2.24, 2.45) is 4.40 Å². The van der Waals surface area contributed by atoms with Crippen LogP contribution in [0.15, 0.2) is 52.9 Å². The second-order valence-corrected chi connectivity index (χ2v) is 15.8. The van der Waals surface area contributed by atoms with E-state index in [0.29, 0.717) is 21.9 Å². The van der Waals surface area contributed by atoms with E-state index < -0.39 is 38.4 Å². The average Bonchev–Trinajstić information content (AvgIpc) is 2.87. The lowest BCUT2D eigenvalue weighted by molar-refractivity contribution is 0.615. The first-order valence-corrected chi connectivity index (χ1v) is 15.6. The summed E-state index contributed by atoms with van der Waals surface area (Å²) in [6, 6.07) is 12.6. The molecule has 1 N–H and O–H groups in total. The summed E-state index contributed by atoms with van der Waals surface area (Å²) in [7, 11) is -2.60. The molecule has 0 fully saturated rings. The average molecular weight is 642 g/mol. The predicted octanol–water partition coefficient (Wildman–Crippen LogP) is 8.05. The van der Waals surface area contributed by atoms with Crippen LogP contribution in [0, 0.1) is 11.6 Å². The third-order valence-corrected chi connectivity index (χ3v) is 9.30. The van der Waals surface area contributed by atoms with Gasteiger partial charge < -0.3 is 0 Å². The molecule has 6 nitrogen and oxygen atoms in total. The van der Waals surface area contributed by atoms with E-state index in [2.05, 4.69) is 19.1 Å². The zero-order chi connectivity index (χ0) is 30.7. The summed E-state index contributed by atoms with van der Waals surface area (Å²) >= 11 is 12.2. The summed E-state index contributed by atoms with van der Waals surface area (Å²) in [5, 5.41) is 1.65. The maximum atomic E-state index is 13.7. The Kier molecular flexibility index (Phi) is 10.7. The molecular weight excluding hydrogens is 609 g/mol. The number of hydrogen-bond donors (Lipinski definition) is 1. The maximum Gasteiger partial charge on any atom is 0.149 e. The first-order chi connectivity index (χ1) is 19.0. The van der Waals surface area contributed by atoms with Gasteiger partial charge in [0.25, 0.3) is 0 Å². The number of para-hydroxylation sites is 2. The molecule has 0 saturated carbocycles. The van der Waals surface area contributed by atoms with Gasteiger partial charge in [-0.1, -0.05) is 47.5 Å². The molecule has 0 aliphatic heterocycles. The lowest BCUT2D eigenvalue weighted by Gasteiger charge is -2.22. The van der Waals surface area contributed by atoms with Crippen molar-refractivity contribution >= 4 is 73.2 Å². The number of pyridine rings is 2. The fraction of sp³-hybridized carbons (Fsp3) is 0.345. The van der Waals surface area contributed by atoms with E-state index in [1.54, 1.807) is 36.4 Å². The number of nitrogens with one attached hydrogen (secondary N) is 1. The van der Waals surface area contributed by atoms with Gasteiger partial charge in [-0.2, -0.15) is 4.40 Å². The summed E-state index contributed by atoms with van der Waals surface area (Å²) in [5.74, 6) is -0.828. The highest BCUT2D eigenvalue weighted by Crippen LogP contribution is 2.28. The van der Waals surface area contributed by atoms with E-state index in [1.165, 1.54) is 18.3 Å². The molecule has 41 heavy (non-hydrogen) atoms. The molecule has 0 bridgehead atoms. The van der Waals surface area contributed by atoms with Crippen LogP contribution in [0.25, 0.3) is 21.8 Å². The highest BCUT2D eigenvalue weighted by atomic mass is 35.5. The molecule has 0 spiro atoms. The Morgan fingerprint density at radius 2 is 1.37 bits per heavy atom. The Labute approximate surface area is 254 Å². The molecule has 4 aromatic rings. The van der Waals surface area contributed by atoms with E-state index in [0.717, 1.165) is 0 Å². The molecule has 2 heterocycles. The third-order valence-electron chi connectivity index (χ3n) is 5.67. The van der Waals surface area contributed by atoms with Gasteiger partial charge in [0.1, 0.15) is 44.0 Å². The number of aromatic nitrogens is 2. The Morgan fingerprint density at radius 1 is 0.854 bits per heavy atom. The van der Waals surface area contributed by atoms with Crippen LogP contribution in [-0.2, 0) is 22.0 Å². The van der Waals surface area contributed by atoms with Crippen molar-refractivity contribution in [2.45, 2.75) is 64.0 Å². The molecule has 0 radical (unpaired) electrons. The number of fused-ring (bicyclic) bond motifs is 2. The number of nitrogens with zero attached hydrogens (tertiary/aromatic N) is 3. The highest BCUT2D eigenvalue weighted by Gasteiger charge is 2.23. The van der Waals surface area contributed by atoms with Gasteiger partial charge in [0.15, 0.2) is 0 Å². The lowest BCUT2D eigenvalue weighted by Crippen LogP contribution is -2.34. The summed E-state index contributed by atoms with van der Waals surface area (Å²) in [5.41, 5.74) is 1.68. The summed E-state index contributed by atoms with van der Waals surface area (Å²) in [6.45, 7) is 13.0. The molecule has 3 atom stereocenters. The molecule has 0 amide bonds. The van der Waals surface area contributed by atoms with Crippen molar-refractivity contribution in [3.63, 3.8) is 0 Å². The second-order valence-electron chi connectivity index (χ2n) is 11.2. The second kappa shape index (κ2) is 13.3. The Morgan fingerprint density at radius 3 is 1.88 bits per heavy atom. The summed E-state index contributed by atoms with van der Waals surface area (Å²) in [6.07, 6.45) is 1.42. The lowest BCUT2D eigenvalue weighted by atomic mass is 10.1. The van der Waals surface area contributed by atoms with Crippen molar-refractivity contribution in [3.8, 4) is 0 Å². The normalized spacial score (nSPS) is 14.6. The van der Waals surface area contributed by atoms with Crippen molar-refractivity contribution in [3.05, 3.63) is 81.6 Å². The number of benzene rings is 2. The van der Waals surface area contributed by atoms with Gasteiger partial charge in [-0.3, -0.25) is 0 Å². The number of rotatable bonds is 5. The Hall–Kier alpha value is -2.37. The molecule has 0 saturated heterocycles. The molecule has 4 rings (SSSR count). The van der Waals surface area contributed by atoms with Crippen LogP contribution in [0.5, 0.6) is 0 Å². The molecule has 0 aliphatic rings. The van der Waals surface area contributed by atoms with Crippen molar-refractivity contribution in [1.82, 2.24) is 14.7 Å². The van der Waals surface area contributed by atoms with Crippen LogP contribution >= 0.6 is 23.2 Å². The van der Waals surface area contributed by atoms with E-state index in [9.17, 15) is 17.2 Å². The topological polar surface area (TPSA) is 84.3 Å². The van der Waals surface area contributed by atoms with Crippen molar-refractivity contribution < 1.29 is 17.2 Å². The molecule has 2 aromatic carbocycles. The quantitative estimate of drug-likeness (QED) is 0.177. The highest BCUT2D eigenvalue weighted by molar-refractivity contribution is 7.85. The monoisotopic (exact) mass is 640 g/mol. The first kappa shape index (κ1) is 33.1. The minimum atomic E-state index is -1.38. The molecule has 2 unspecified atom stereocenters. The molecule has 2 aromatic heterocycles. The summed E-state index contributed by atoms with van der Waals surface area (Å²) in [4.78, 5) is 8.13. The van der Waals surface area contributed by atoms with Gasteiger partial charge in [0, 0.05) is 34.2 Å². The van der Waals surface area contributed by atoms with Gasteiger partial charge in [-0.25, -0.2) is 31.9 Å². The van der Waals surface area contributed by atoms with Gasteiger partial charge in [0.05, 0.1) is 20.5 Å². The number of halogens is 4. The van der Waals surface area contributed by atoms with Gasteiger partial charge >= 0.3 is 0 Å². The predicted molar refractivity (Wildman–Crippen MR) is 168 cm³/mol. The van der Waals surface area contributed by atoms with Crippen LogP contribution < -0.4 is 4.72 Å². The van der Waals surface area contributed by atoms with Crippen molar-refractivity contribution in [1.29, 1.82) is 0 Å². The molecular formula is C29H32Cl2F2N4O2S2. The standard InChI is InChI=1S/C15H18ClFN2OS.C14H14ClFN2OS/c1-9(19-21(20)15(2,3)4)11-8-10-6-5-7-12(17)13(10)18-14(11)16;1-14(2,3)20(19)17-8-10-7-9-5-4-6-11(16)12(9)18-13(10)15/h5-9,19H,1-4H3;4-8H,1-3H3/t9-,21?;/m0./s1. The van der Waals surface area contributed by atoms with E-state index in [1.807, 2.05) is 48.5 Å². The Bertz CT molecular complexity index is 1650. The minimum absolute atomic E-state index is 0.136. The van der Waals surface area contributed by atoms with Crippen LogP contribution in [-0.4, -0.2) is 34.1 Å². The van der Waals surface area contributed by atoms with Gasteiger partial charge in [-0.05, 0) is 72.7 Å². The fourth-order valence-corrected chi connectivity index (χ4v) is 5.19. The minimum Gasteiger partial charge on any atom is -0.242 e. The van der Waals surface area contributed by atoms with Crippen LogP contribution in [0.4, 0.5) is 8.78 Å². The fourth-order valence-electron chi connectivity index (χ4n) is 3.37. The molecule has 12 heteroatoms. The third kappa shape index (κ3) is 8.58. The molecule has 0 aliphatic carbocycles. The molecule has 220 valence electrons. The van der Waals surface area contributed by atoms with Gasteiger partial charge in [-0.15, -0.1) is 0 Å². The SMILES string of the molecule is CC(C)(C)S(=O)N=Cc1cc2cccc(F)c2nc1Cl.C[C@H](NS(=O)C(C)(C)C)c1cc2cccc(F)c2nc1Cl. The van der Waals surface area contributed by atoms with E-state index in [4.69, 9.17) is 23.2 Å². The van der Waals surface area contributed by atoms with Crippen LogP contribution in [0.2, 0.25) is 10.3 Å². The summed E-state index contributed by atoms with van der Waals surface area (Å²) < 4.78 is 57.4.